The van der Waals surface area contributed by atoms with E-state index in [0.717, 1.165) is 6.42 Å². The van der Waals surface area contributed by atoms with Gasteiger partial charge in [-0.2, -0.15) is 0 Å². The van der Waals surface area contributed by atoms with Gasteiger partial charge in [0.1, 0.15) is 0 Å². The predicted octanol–water partition coefficient (Wildman–Crippen LogP) is 3.17. The summed E-state index contributed by atoms with van der Waals surface area (Å²) in [5, 5.41) is 7.94. The van der Waals surface area contributed by atoms with Crippen molar-refractivity contribution in [3.8, 4) is 0 Å². The van der Waals surface area contributed by atoms with Crippen LogP contribution in [0.2, 0.25) is 0 Å². The highest BCUT2D eigenvalue weighted by Crippen LogP contribution is 2.17. The molecule has 0 unspecified atom stereocenters. The quantitative estimate of drug-likeness (QED) is 0.647. The average Bonchev–Trinajstić information content (AvgIpc) is 2.55. The van der Waals surface area contributed by atoms with Gasteiger partial charge in [0, 0.05) is 29.0 Å². The first-order valence-corrected chi connectivity index (χ1v) is 7.85. The second kappa shape index (κ2) is 8.49. The van der Waals surface area contributed by atoms with Gasteiger partial charge >= 0.3 is 6.03 Å². The van der Waals surface area contributed by atoms with Gasteiger partial charge in [-0.3, -0.25) is 9.59 Å². The van der Waals surface area contributed by atoms with Crippen LogP contribution in [0.1, 0.15) is 30.1 Å². The largest absolute Gasteiger partial charge is 0.351 e. The van der Waals surface area contributed by atoms with Crippen molar-refractivity contribution in [1.82, 2.24) is 0 Å². The second-order valence-corrected chi connectivity index (χ2v) is 5.40. The van der Waals surface area contributed by atoms with Crippen LogP contribution in [0.3, 0.4) is 0 Å². The SMILES string of the molecule is CCCC(=O)Nc1cccc(NC(=O)c2cccc(NC(N)=O)c2)c1. The van der Waals surface area contributed by atoms with Gasteiger partial charge in [-0.15, -0.1) is 0 Å². The molecule has 2 rings (SSSR count). The lowest BCUT2D eigenvalue weighted by Gasteiger charge is -2.09. The zero-order chi connectivity index (χ0) is 18.2. The van der Waals surface area contributed by atoms with Crippen LogP contribution in [-0.2, 0) is 4.79 Å². The molecule has 0 atom stereocenters. The van der Waals surface area contributed by atoms with E-state index in [9.17, 15) is 14.4 Å². The molecule has 0 bridgehead atoms. The minimum atomic E-state index is -0.701. The number of rotatable bonds is 6. The van der Waals surface area contributed by atoms with Crippen LogP contribution >= 0.6 is 0 Å². The molecule has 7 nitrogen and oxygen atoms in total. The maximum absolute atomic E-state index is 12.3. The Bertz CT molecular complexity index is 789. The van der Waals surface area contributed by atoms with Crippen LogP contribution in [0.15, 0.2) is 48.5 Å². The van der Waals surface area contributed by atoms with Gasteiger partial charge in [0.2, 0.25) is 5.91 Å². The van der Waals surface area contributed by atoms with Crippen molar-refractivity contribution in [3.63, 3.8) is 0 Å². The van der Waals surface area contributed by atoms with Crippen LogP contribution < -0.4 is 21.7 Å². The molecular formula is C18H20N4O3. The zero-order valence-corrected chi connectivity index (χ0v) is 13.8. The van der Waals surface area contributed by atoms with E-state index in [1.165, 1.54) is 6.07 Å². The van der Waals surface area contributed by atoms with E-state index in [1.807, 2.05) is 6.92 Å². The number of benzene rings is 2. The smallest absolute Gasteiger partial charge is 0.316 e. The predicted molar refractivity (Wildman–Crippen MR) is 97.6 cm³/mol. The maximum Gasteiger partial charge on any atom is 0.316 e. The maximum atomic E-state index is 12.3. The molecule has 0 heterocycles. The molecule has 4 amide bonds. The first-order chi connectivity index (χ1) is 12.0. The average molecular weight is 340 g/mol. The molecule has 0 radical (unpaired) electrons. The van der Waals surface area contributed by atoms with Gasteiger partial charge in [-0.25, -0.2) is 4.79 Å². The van der Waals surface area contributed by atoms with E-state index in [0.29, 0.717) is 29.0 Å². The third-order valence-electron chi connectivity index (χ3n) is 3.27. The number of urea groups is 1. The monoisotopic (exact) mass is 340 g/mol. The molecule has 0 aliphatic heterocycles. The Morgan fingerprint density at radius 2 is 1.48 bits per heavy atom. The number of carbonyl (C=O) groups is 3. The number of primary amides is 1. The Labute approximate surface area is 145 Å². The van der Waals surface area contributed by atoms with Gasteiger partial charge < -0.3 is 21.7 Å². The fraction of sp³-hybridized carbons (Fsp3) is 0.167. The number of hydrogen-bond acceptors (Lipinski definition) is 3. The topological polar surface area (TPSA) is 113 Å². The Balaban J connectivity index is 2.07. The van der Waals surface area contributed by atoms with Gasteiger partial charge in [0.05, 0.1) is 0 Å². The van der Waals surface area contributed by atoms with E-state index in [4.69, 9.17) is 5.73 Å². The molecule has 7 heteroatoms. The van der Waals surface area contributed by atoms with Crippen LogP contribution in [0.25, 0.3) is 0 Å². The Morgan fingerprint density at radius 3 is 2.12 bits per heavy atom. The van der Waals surface area contributed by atoms with E-state index < -0.39 is 6.03 Å². The molecule has 0 fully saturated rings. The zero-order valence-electron chi connectivity index (χ0n) is 13.8. The van der Waals surface area contributed by atoms with E-state index >= 15 is 0 Å². The molecule has 0 saturated heterocycles. The summed E-state index contributed by atoms with van der Waals surface area (Å²) in [7, 11) is 0. The summed E-state index contributed by atoms with van der Waals surface area (Å²) >= 11 is 0. The number of anilines is 3. The third kappa shape index (κ3) is 5.65. The van der Waals surface area contributed by atoms with E-state index in [1.54, 1.807) is 42.5 Å². The number of carbonyl (C=O) groups excluding carboxylic acids is 3. The lowest BCUT2D eigenvalue weighted by atomic mass is 10.1. The molecule has 2 aromatic rings. The molecular weight excluding hydrogens is 320 g/mol. The van der Waals surface area contributed by atoms with Crippen molar-refractivity contribution in [3.05, 3.63) is 54.1 Å². The minimum Gasteiger partial charge on any atom is -0.351 e. The summed E-state index contributed by atoms with van der Waals surface area (Å²) in [5.74, 6) is -0.415. The number of nitrogens with two attached hydrogens (primary N) is 1. The summed E-state index contributed by atoms with van der Waals surface area (Å²) in [6, 6.07) is 12.6. The third-order valence-corrected chi connectivity index (χ3v) is 3.27. The van der Waals surface area contributed by atoms with Crippen molar-refractivity contribution < 1.29 is 14.4 Å². The van der Waals surface area contributed by atoms with Gasteiger partial charge in [0.25, 0.3) is 5.91 Å². The molecule has 130 valence electrons. The lowest BCUT2D eigenvalue weighted by Crippen LogP contribution is -2.20. The standard InChI is InChI=1S/C18H20N4O3/c1-2-5-16(23)20-14-8-4-9-15(11-14)21-17(24)12-6-3-7-13(10-12)22-18(19)25/h3-4,6-11H,2,5H2,1H3,(H,20,23)(H,21,24)(H3,19,22,25). The summed E-state index contributed by atoms with van der Waals surface area (Å²) in [6.07, 6.45) is 1.20. The normalized spacial score (nSPS) is 9.96. The Kier molecular flexibility index (Phi) is 6.11. The van der Waals surface area contributed by atoms with Crippen molar-refractivity contribution in [2.45, 2.75) is 19.8 Å². The first kappa shape index (κ1) is 18.0. The lowest BCUT2D eigenvalue weighted by molar-refractivity contribution is -0.116. The highest BCUT2D eigenvalue weighted by Gasteiger charge is 2.08. The van der Waals surface area contributed by atoms with Crippen LogP contribution in [0.5, 0.6) is 0 Å². The summed E-state index contributed by atoms with van der Waals surface area (Å²) < 4.78 is 0. The number of amides is 4. The van der Waals surface area contributed by atoms with Crippen molar-refractivity contribution in [1.29, 1.82) is 0 Å². The highest BCUT2D eigenvalue weighted by atomic mass is 16.2. The highest BCUT2D eigenvalue weighted by molar-refractivity contribution is 6.05. The first-order valence-electron chi connectivity index (χ1n) is 7.85. The van der Waals surface area contributed by atoms with Crippen LogP contribution in [0, 0.1) is 0 Å². The number of hydrogen-bond donors (Lipinski definition) is 4. The fourth-order valence-corrected chi connectivity index (χ4v) is 2.21. The summed E-state index contributed by atoms with van der Waals surface area (Å²) in [4.78, 5) is 34.9. The molecule has 0 aliphatic rings. The Hall–Kier alpha value is -3.35. The number of nitrogens with one attached hydrogen (secondary N) is 3. The summed E-state index contributed by atoms with van der Waals surface area (Å²) in [5.41, 5.74) is 7.03. The van der Waals surface area contributed by atoms with Crippen molar-refractivity contribution in [2.24, 2.45) is 5.73 Å². The molecule has 0 saturated carbocycles. The Morgan fingerprint density at radius 1 is 0.880 bits per heavy atom. The molecule has 0 aliphatic carbocycles. The molecule has 0 spiro atoms. The van der Waals surface area contributed by atoms with Crippen molar-refractivity contribution in [2.75, 3.05) is 16.0 Å². The van der Waals surface area contributed by atoms with Crippen LogP contribution in [-0.4, -0.2) is 17.8 Å². The van der Waals surface area contributed by atoms with Gasteiger partial charge in [0.15, 0.2) is 0 Å². The fourth-order valence-electron chi connectivity index (χ4n) is 2.21. The minimum absolute atomic E-state index is 0.0730. The molecule has 2 aromatic carbocycles. The van der Waals surface area contributed by atoms with Crippen LogP contribution in [0.4, 0.5) is 21.9 Å². The summed E-state index contributed by atoms with van der Waals surface area (Å²) in [6.45, 7) is 1.93. The molecule has 25 heavy (non-hydrogen) atoms. The molecule has 5 N–H and O–H groups in total. The molecule has 0 aromatic heterocycles. The second-order valence-electron chi connectivity index (χ2n) is 5.40. The van der Waals surface area contributed by atoms with E-state index in [-0.39, 0.29) is 11.8 Å². The van der Waals surface area contributed by atoms with Crippen molar-refractivity contribution >= 4 is 34.9 Å². The van der Waals surface area contributed by atoms with Gasteiger partial charge in [-0.1, -0.05) is 19.1 Å². The van der Waals surface area contributed by atoms with E-state index in [2.05, 4.69) is 16.0 Å². The van der Waals surface area contributed by atoms with Gasteiger partial charge in [-0.05, 0) is 42.8 Å².